The van der Waals surface area contributed by atoms with Crippen LogP contribution in [0.15, 0.2) is 206 Å². The molecule has 10 rings (SSSR count). The monoisotopic (exact) mass is 678 g/mol. The van der Waals surface area contributed by atoms with E-state index >= 15 is 0 Å². The summed E-state index contributed by atoms with van der Waals surface area (Å²) in [6.45, 7) is 0. The zero-order valence-corrected chi connectivity index (χ0v) is 28.1. The van der Waals surface area contributed by atoms with Crippen molar-refractivity contribution in [3.8, 4) is 11.4 Å². The maximum absolute atomic E-state index is 9.25. The van der Waals surface area contributed by atoms with E-state index in [1.54, 1.807) is 22.8 Å². The van der Waals surface area contributed by atoms with Gasteiger partial charge in [0, 0.05) is 32.9 Å². The summed E-state index contributed by atoms with van der Waals surface area (Å²) in [5.41, 5.74) is 1.55. The van der Waals surface area contributed by atoms with Crippen LogP contribution in [-0.2, 0) is 0 Å². The van der Waals surface area contributed by atoms with Crippen LogP contribution in [0.2, 0.25) is 0 Å². The Kier molecular flexibility index (Phi) is 4.58. The summed E-state index contributed by atoms with van der Waals surface area (Å²) >= 11 is 0. The van der Waals surface area contributed by atoms with Crippen LogP contribution in [0.25, 0.3) is 55.0 Å². The highest BCUT2D eigenvalue weighted by Crippen LogP contribution is 2.36. The molecule has 2 nitrogen and oxygen atoms in total. The lowest BCUT2D eigenvalue weighted by atomic mass is 10.1. The molecule has 0 aliphatic rings. The van der Waals surface area contributed by atoms with Crippen LogP contribution in [0.3, 0.4) is 0 Å². The van der Waals surface area contributed by atoms with Crippen molar-refractivity contribution >= 4 is 72.4 Å². The third-order valence-electron chi connectivity index (χ3n) is 9.85. The molecule has 2 aromatic heterocycles. The first-order valence-electron chi connectivity index (χ1n) is 22.6. The van der Waals surface area contributed by atoms with Gasteiger partial charge >= 0.3 is 0 Å². The van der Waals surface area contributed by atoms with Crippen molar-refractivity contribution in [3.05, 3.63) is 206 Å². The summed E-state index contributed by atoms with van der Waals surface area (Å²) in [4.78, 5) is 0. The predicted molar refractivity (Wildman–Crippen MR) is 219 cm³/mol. The lowest BCUT2D eigenvalue weighted by molar-refractivity contribution is 1.17. The second kappa shape index (κ2) is 11.9. The lowest BCUT2D eigenvalue weighted by Crippen LogP contribution is -2.74. The average Bonchev–Trinajstić information content (AvgIpc) is 3.86. The molecule has 2 heterocycles. The van der Waals surface area contributed by atoms with E-state index in [0.717, 1.165) is 5.19 Å². The van der Waals surface area contributed by atoms with E-state index in [0.29, 0.717) is 16.6 Å². The van der Waals surface area contributed by atoms with Crippen LogP contribution in [0.5, 0.6) is 0 Å². The molecule has 0 aliphatic carbocycles. The van der Waals surface area contributed by atoms with Gasteiger partial charge < -0.3 is 9.13 Å². The van der Waals surface area contributed by atoms with E-state index in [2.05, 4.69) is 84.9 Å². The first-order valence-corrected chi connectivity index (χ1v) is 18.6. The summed E-state index contributed by atoms with van der Waals surface area (Å²) in [5, 5.41) is 5.16. The van der Waals surface area contributed by atoms with Crippen molar-refractivity contribution in [1.82, 2.24) is 9.13 Å². The van der Waals surface area contributed by atoms with E-state index < -0.39 is 68.5 Å². The third kappa shape index (κ3) is 4.49. The molecule has 0 unspecified atom stereocenters. The van der Waals surface area contributed by atoms with Gasteiger partial charge in [0.2, 0.25) is 0 Å². The van der Waals surface area contributed by atoms with Crippen molar-refractivity contribution < 1.29 is 16.4 Å². The van der Waals surface area contributed by atoms with Gasteiger partial charge in [0.05, 0.1) is 38.5 Å². The summed E-state index contributed by atoms with van der Waals surface area (Å²) < 4.78 is 109. The van der Waals surface area contributed by atoms with Gasteiger partial charge in [-0.25, -0.2) is 0 Å². The average molecular weight is 679 g/mol. The van der Waals surface area contributed by atoms with Crippen LogP contribution in [0.4, 0.5) is 0 Å². The second-order valence-corrected chi connectivity index (χ2v) is 16.2. The number of fused-ring (bicyclic) bond motifs is 6. The van der Waals surface area contributed by atoms with Crippen LogP contribution in [-0.4, -0.2) is 17.2 Å². The van der Waals surface area contributed by atoms with E-state index in [-0.39, 0.29) is 50.5 Å². The zero-order valence-electron chi connectivity index (χ0n) is 39.1. The Balaban J connectivity index is 1.28. The highest BCUT2D eigenvalue weighted by atomic mass is 28.3. The maximum Gasteiger partial charge on any atom is 0.179 e. The van der Waals surface area contributed by atoms with Gasteiger partial charge in [0.1, 0.15) is 0 Å². The first kappa shape index (κ1) is 19.7. The molecule has 0 spiro atoms. The maximum atomic E-state index is 9.25. The van der Waals surface area contributed by atoms with E-state index in [1.807, 2.05) is 30.3 Å². The summed E-state index contributed by atoms with van der Waals surface area (Å²) in [6, 6.07) is 39.3. The number of para-hydroxylation sites is 3. The summed E-state index contributed by atoms with van der Waals surface area (Å²) in [7, 11) is -2.91. The van der Waals surface area contributed by atoms with Crippen LogP contribution >= 0.6 is 0 Å². The molecular weight excluding hydrogens is 633 g/mol. The molecule has 0 saturated carbocycles. The fourth-order valence-corrected chi connectivity index (χ4v) is 12.5. The second-order valence-electron chi connectivity index (χ2n) is 12.4. The smallest absolute Gasteiger partial charge is 0.179 e. The van der Waals surface area contributed by atoms with Gasteiger partial charge in [-0.1, -0.05) is 158 Å². The highest BCUT2D eigenvalue weighted by Gasteiger charge is 2.41. The molecule has 0 fully saturated rings. The number of nitrogens with zero attached hydrogens (tertiary/aromatic N) is 2. The predicted octanol–water partition coefficient (Wildman–Crippen LogP) is 9.26. The SMILES string of the molecule is [2H]c1c([2H])c([2H])c2c(c1[2H])c1cc(-n3c4c([2H])c([2H])c([2H])c([2H])c4c4c([2H])c([2H])c([2H])c([2H])c43)ccc1n2-c1ccc([Si](c2ccccc2)(c2ccccc2)c2ccccc2)cc1. The molecule has 10 aromatic rings. The Morgan fingerprint density at radius 2 is 0.706 bits per heavy atom. The quantitative estimate of drug-likeness (QED) is 0.123. The molecule has 0 atom stereocenters. The molecule has 0 amide bonds. The number of aromatic nitrogens is 2. The van der Waals surface area contributed by atoms with Crippen LogP contribution < -0.4 is 20.7 Å². The van der Waals surface area contributed by atoms with E-state index in [1.165, 1.54) is 20.1 Å². The first-order chi connectivity index (χ1) is 30.3. The van der Waals surface area contributed by atoms with Gasteiger partial charge in [0.25, 0.3) is 0 Å². The van der Waals surface area contributed by atoms with Gasteiger partial charge in [-0.2, -0.15) is 0 Å². The minimum atomic E-state index is -2.91. The van der Waals surface area contributed by atoms with E-state index in [9.17, 15) is 2.74 Å². The molecule has 0 N–H and O–H groups in total. The molecule has 0 radical (unpaired) electrons. The zero-order chi connectivity index (χ0) is 44.2. The Morgan fingerprint density at radius 3 is 1.18 bits per heavy atom. The fraction of sp³-hybridized carbons (Fsp3) is 0. The van der Waals surface area contributed by atoms with Gasteiger partial charge in [0.15, 0.2) is 8.07 Å². The number of rotatable bonds is 6. The largest absolute Gasteiger partial charge is 0.309 e. The standard InChI is InChI=1S/C48H34N2Si/c1-4-16-37(17-5-1)51(38-18-6-2-7-19-38,39-20-8-3-9-21-39)40-31-28-35(29-32-40)49-47-27-15-12-24-43(47)44-34-36(30-33-48(44)49)50-45-25-13-10-22-41(45)42-23-11-14-26-46(42)50/h1-34H/i10D,11D,12D,13D,14D,15D,22D,23D,24D,25D,26D,27D. The molecule has 0 saturated heterocycles. The Labute approximate surface area is 315 Å². The Bertz CT molecular complexity index is 3340. The van der Waals surface area contributed by atoms with Crippen molar-refractivity contribution in [2.24, 2.45) is 0 Å². The van der Waals surface area contributed by atoms with E-state index in [4.69, 9.17) is 13.7 Å². The lowest BCUT2D eigenvalue weighted by Gasteiger charge is -2.34. The highest BCUT2D eigenvalue weighted by molar-refractivity contribution is 7.19. The van der Waals surface area contributed by atoms with Crippen molar-refractivity contribution in [1.29, 1.82) is 0 Å². The molecule has 0 bridgehead atoms. The third-order valence-corrected chi connectivity index (χ3v) is 14.6. The molecule has 51 heavy (non-hydrogen) atoms. The summed E-state index contributed by atoms with van der Waals surface area (Å²) in [6.07, 6.45) is 0. The Hall–Kier alpha value is -6.42. The normalized spacial score (nSPS) is 15.2. The van der Waals surface area contributed by atoms with Gasteiger partial charge in [-0.3, -0.25) is 0 Å². The summed E-state index contributed by atoms with van der Waals surface area (Å²) in [5.74, 6) is 0. The number of hydrogen-bond acceptors (Lipinski definition) is 0. The van der Waals surface area contributed by atoms with Crippen LogP contribution in [0, 0.1) is 0 Å². The fourth-order valence-electron chi connectivity index (χ4n) is 7.72. The van der Waals surface area contributed by atoms with Crippen molar-refractivity contribution in [2.75, 3.05) is 0 Å². The number of benzene rings is 8. The molecule has 0 aliphatic heterocycles. The molecule has 3 heteroatoms. The number of hydrogen-bond donors (Lipinski definition) is 0. The minimum absolute atomic E-state index is 0.0496. The van der Waals surface area contributed by atoms with Crippen LogP contribution in [0.1, 0.15) is 16.4 Å². The van der Waals surface area contributed by atoms with Gasteiger partial charge in [-0.15, -0.1) is 0 Å². The Morgan fingerprint density at radius 1 is 0.333 bits per heavy atom. The molecule has 240 valence electrons. The topological polar surface area (TPSA) is 9.86 Å². The van der Waals surface area contributed by atoms with Crippen molar-refractivity contribution in [2.45, 2.75) is 0 Å². The minimum Gasteiger partial charge on any atom is -0.309 e. The van der Waals surface area contributed by atoms with Gasteiger partial charge in [-0.05, 0) is 69.2 Å². The molecule has 8 aromatic carbocycles. The van der Waals surface area contributed by atoms with Crippen molar-refractivity contribution in [3.63, 3.8) is 0 Å². The molecular formula is C48H34N2Si.